The first-order valence-electron chi connectivity index (χ1n) is 10.6. The first-order valence-corrected chi connectivity index (χ1v) is 12.1. The van der Waals surface area contributed by atoms with Gasteiger partial charge in [-0.2, -0.15) is 0 Å². The molecule has 0 spiro atoms. The fourth-order valence-electron chi connectivity index (χ4n) is 3.55. The van der Waals surface area contributed by atoms with Crippen molar-refractivity contribution >= 4 is 21.6 Å². The summed E-state index contributed by atoms with van der Waals surface area (Å²) in [5.41, 5.74) is 0.862. The van der Waals surface area contributed by atoms with Gasteiger partial charge in [-0.05, 0) is 49.4 Å². The molecule has 0 unspecified atom stereocenters. The summed E-state index contributed by atoms with van der Waals surface area (Å²) in [7, 11) is 0.106. The molecule has 186 valence electrons. The first kappa shape index (κ1) is 25.8. The largest absolute Gasteiger partial charge is 0.496 e. The number of nitrogens with zero attached hydrogens (tertiary/aromatic N) is 1. The van der Waals surface area contributed by atoms with E-state index in [0.29, 0.717) is 11.5 Å². The smallest absolute Gasteiger partial charge is 0.264 e. The molecule has 0 saturated carbocycles. The van der Waals surface area contributed by atoms with E-state index < -0.39 is 34.3 Å². The van der Waals surface area contributed by atoms with Crippen LogP contribution in [0.1, 0.15) is 18.5 Å². The number of carbonyl (C=O) groups is 1. The van der Waals surface area contributed by atoms with Crippen molar-refractivity contribution in [2.75, 3.05) is 32.2 Å². The van der Waals surface area contributed by atoms with Crippen LogP contribution in [0.25, 0.3) is 0 Å². The second-order valence-corrected chi connectivity index (χ2v) is 9.40. The van der Waals surface area contributed by atoms with Crippen molar-refractivity contribution in [1.29, 1.82) is 0 Å². The molecule has 1 N–H and O–H groups in total. The lowest BCUT2D eigenvalue weighted by atomic mass is 10.1. The van der Waals surface area contributed by atoms with Gasteiger partial charge in [0, 0.05) is 11.6 Å². The van der Waals surface area contributed by atoms with Crippen molar-refractivity contribution in [3.8, 4) is 17.2 Å². The van der Waals surface area contributed by atoms with E-state index in [-0.39, 0.29) is 16.3 Å². The summed E-state index contributed by atoms with van der Waals surface area (Å²) in [5, 5.41) is 2.80. The van der Waals surface area contributed by atoms with E-state index in [2.05, 4.69) is 5.32 Å². The summed E-state index contributed by atoms with van der Waals surface area (Å²) in [6.45, 7) is 1.22. The molecule has 8 nitrogen and oxygen atoms in total. The van der Waals surface area contributed by atoms with Gasteiger partial charge in [0.1, 0.15) is 18.1 Å². The molecule has 0 aliphatic heterocycles. The molecule has 3 aromatic rings. The number of anilines is 1. The molecule has 0 saturated heterocycles. The maximum atomic E-state index is 13.6. The van der Waals surface area contributed by atoms with Gasteiger partial charge in [0.05, 0.1) is 38.0 Å². The van der Waals surface area contributed by atoms with E-state index in [1.54, 1.807) is 13.0 Å². The quantitative estimate of drug-likeness (QED) is 0.452. The lowest BCUT2D eigenvalue weighted by Crippen LogP contribution is -2.41. The van der Waals surface area contributed by atoms with Crippen LogP contribution < -0.4 is 23.8 Å². The third kappa shape index (κ3) is 5.83. The number of nitrogens with one attached hydrogen (secondary N) is 1. The number of methoxy groups -OCH3 is 3. The van der Waals surface area contributed by atoms with E-state index in [1.807, 2.05) is 18.2 Å². The van der Waals surface area contributed by atoms with Gasteiger partial charge in [-0.3, -0.25) is 9.10 Å². The van der Waals surface area contributed by atoms with Gasteiger partial charge in [0.25, 0.3) is 10.0 Å². The van der Waals surface area contributed by atoms with Crippen LogP contribution in [-0.2, 0) is 14.8 Å². The summed E-state index contributed by atoms with van der Waals surface area (Å²) in [5.74, 6) is 0.0573. The Morgan fingerprint density at radius 1 is 0.914 bits per heavy atom. The lowest BCUT2D eigenvalue weighted by Gasteiger charge is -2.25. The molecule has 0 aliphatic rings. The fraction of sp³-hybridized carbons (Fsp3) is 0.240. The summed E-state index contributed by atoms with van der Waals surface area (Å²) in [6.07, 6.45) is 0. The third-order valence-corrected chi connectivity index (χ3v) is 7.10. The van der Waals surface area contributed by atoms with Crippen LogP contribution in [0.4, 0.5) is 10.1 Å². The first-order chi connectivity index (χ1) is 16.7. The highest BCUT2D eigenvalue weighted by Crippen LogP contribution is 2.32. The number of hydrogen-bond donors (Lipinski definition) is 1. The Balaban J connectivity index is 1.94. The Kier molecular flexibility index (Phi) is 8.18. The normalized spacial score (nSPS) is 11.9. The molecule has 1 amide bonds. The summed E-state index contributed by atoms with van der Waals surface area (Å²) in [6, 6.07) is 15.7. The number of rotatable bonds is 10. The molecule has 0 bridgehead atoms. The van der Waals surface area contributed by atoms with Gasteiger partial charge in [-0.1, -0.05) is 18.2 Å². The number of hydrogen-bond acceptors (Lipinski definition) is 6. The molecular formula is C25H27FN2O6S. The van der Waals surface area contributed by atoms with Crippen molar-refractivity contribution in [3.05, 3.63) is 78.1 Å². The minimum Gasteiger partial charge on any atom is -0.496 e. The molecule has 10 heteroatoms. The van der Waals surface area contributed by atoms with E-state index in [0.717, 1.165) is 22.0 Å². The van der Waals surface area contributed by atoms with Crippen LogP contribution in [0.15, 0.2) is 71.6 Å². The van der Waals surface area contributed by atoms with E-state index >= 15 is 0 Å². The average Bonchev–Trinajstić information content (AvgIpc) is 2.87. The topological polar surface area (TPSA) is 94.2 Å². The number of carbonyl (C=O) groups excluding carboxylic acids is 1. The number of amides is 1. The zero-order chi connectivity index (χ0) is 25.6. The SMILES string of the molecule is COc1ccc(S(=O)(=O)N(CC(=O)N[C@@H](C)c2ccccc2OC)c2ccc(F)cc2)cc1OC. The van der Waals surface area contributed by atoms with E-state index in [4.69, 9.17) is 14.2 Å². The zero-order valence-electron chi connectivity index (χ0n) is 19.8. The minimum atomic E-state index is -4.24. The lowest BCUT2D eigenvalue weighted by molar-refractivity contribution is -0.120. The monoisotopic (exact) mass is 502 g/mol. The van der Waals surface area contributed by atoms with Crippen LogP contribution in [0.3, 0.4) is 0 Å². The van der Waals surface area contributed by atoms with E-state index in [1.165, 1.54) is 51.7 Å². The van der Waals surface area contributed by atoms with Crippen LogP contribution in [0.2, 0.25) is 0 Å². The average molecular weight is 503 g/mol. The molecule has 0 heterocycles. The molecule has 0 aromatic heterocycles. The standard InChI is InChI=1S/C25H27FN2O6S/c1-17(21-7-5-6-8-22(21)32-2)27-25(29)16-28(19-11-9-18(26)10-12-19)35(30,31)20-13-14-23(33-3)24(15-20)34-4/h5-15,17H,16H2,1-4H3,(H,27,29)/t17-/m0/s1. The van der Waals surface area contributed by atoms with Crippen LogP contribution in [0, 0.1) is 5.82 Å². The maximum absolute atomic E-state index is 13.6. The predicted molar refractivity (Wildman–Crippen MR) is 130 cm³/mol. The number of sulfonamides is 1. The number of benzene rings is 3. The summed E-state index contributed by atoms with van der Waals surface area (Å²) in [4.78, 5) is 12.9. The van der Waals surface area contributed by atoms with Crippen LogP contribution >= 0.6 is 0 Å². The molecule has 3 aromatic carbocycles. The van der Waals surface area contributed by atoms with Gasteiger partial charge in [-0.25, -0.2) is 12.8 Å². The van der Waals surface area contributed by atoms with Crippen molar-refractivity contribution < 1.29 is 31.8 Å². The van der Waals surface area contributed by atoms with Crippen molar-refractivity contribution in [2.45, 2.75) is 17.9 Å². The van der Waals surface area contributed by atoms with Crippen LogP contribution in [-0.4, -0.2) is 42.2 Å². The molecule has 0 fully saturated rings. The van der Waals surface area contributed by atoms with Gasteiger partial charge < -0.3 is 19.5 Å². The Morgan fingerprint density at radius 3 is 2.17 bits per heavy atom. The number of halogens is 1. The second kappa shape index (κ2) is 11.1. The molecular weight excluding hydrogens is 475 g/mol. The van der Waals surface area contributed by atoms with Crippen molar-refractivity contribution in [3.63, 3.8) is 0 Å². The Morgan fingerprint density at radius 2 is 1.54 bits per heavy atom. The van der Waals surface area contributed by atoms with Gasteiger partial charge in [0.2, 0.25) is 5.91 Å². The summed E-state index contributed by atoms with van der Waals surface area (Å²) >= 11 is 0. The molecule has 35 heavy (non-hydrogen) atoms. The second-order valence-electron chi connectivity index (χ2n) is 7.54. The van der Waals surface area contributed by atoms with Gasteiger partial charge in [-0.15, -0.1) is 0 Å². The third-order valence-electron chi connectivity index (χ3n) is 5.33. The predicted octanol–water partition coefficient (Wildman–Crippen LogP) is 3.92. The van der Waals surface area contributed by atoms with Gasteiger partial charge in [0.15, 0.2) is 11.5 Å². The minimum absolute atomic E-state index is 0.120. The molecule has 1 atom stereocenters. The molecule has 0 aliphatic carbocycles. The van der Waals surface area contributed by atoms with Crippen molar-refractivity contribution in [1.82, 2.24) is 5.32 Å². The highest BCUT2D eigenvalue weighted by atomic mass is 32.2. The molecule has 0 radical (unpaired) electrons. The fourth-order valence-corrected chi connectivity index (χ4v) is 4.98. The zero-order valence-corrected chi connectivity index (χ0v) is 20.6. The van der Waals surface area contributed by atoms with Crippen LogP contribution in [0.5, 0.6) is 17.2 Å². The summed E-state index contributed by atoms with van der Waals surface area (Å²) < 4.78 is 57.5. The van der Waals surface area contributed by atoms with Gasteiger partial charge >= 0.3 is 0 Å². The Hall–Kier alpha value is -3.79. The highest BCUT2D eigenvalue weighted by Gasteiger charge is 2.29. The Labute approximate surface area is 204 Å². The maximum Gasteiger partial charge on any atom is 0.264 e. The van der Waals surface area contributed by atoms with Crippen molar-refractivity contribution in [2.24, 2.45) is 0 Å². The number of ether oxygens (including phenoxy) is 3. The number of para-hydroxylation sites is 1. The Bertz CT molecular complexity index is 1280. The molecule has 3 rings (SSSR count). The van der Waals surface area contributed by atoms with E-state index in [9.17, 15) is 17.6 Å². The highest BCUT2D eigenvalue weighted by molar-refractivity contribution is 7.92.